The summed E-state index contributed by atoms with van der Waals surface area (Å²) < 4.78 is 32.5. The van der Waals surface area contributed by atoms with Gasteiger partial charge in [0.05, 0.1) is 13.0 Å². The molecule has 2 unspecified atom stereocenters. The molecule has 1 aliphatic heterocycles. The third-order valence-electron chi connectivity index (χ3n) is 4.82. The molecule has 1 aromatic heterocycles. The van der Waals surface area contributed by atoms with Gasteiger partial charge in [0.2, 0.25) is 0 Å². The fourth-order valence-electron chi connectivity index (χ4n) is 3.11. The number of ether oxygens (including phenoxy) is 1. The molecule has 2 fully saturated rings. The van der Waals surface area contributed by atoms with Crippen LogP contribution in [-0.4, -0.2) is 46.0 Å². The van der Waals surface area contributed by atoms with E-state index in [0.29, 0.717) is 0 Å². The number of urea groups is 1. The van der Waals surface area contributed by atoms with Crippen molar-refractivity contribution in [2.75, 3.05) is 6.54 Å². The van der Waals surface area contributed by atoms with E-state index in [4.69, 9.17) is 4.74 Å². The zero-order valence-corrected chi connectivity index (χ0v) is 15.2. The third kappa shape index (κ3) is 3.39. The van der Waals surface area contributed by atoms with Crippen LogP contribution in [0.4, 0.5) is 13.6 Å². The second-order valence-corrected chi connectivity index (χ2v) is 6.95. The number of alkyl halides is 2. The molecule has 2 aromatic rings. The van der Waals surface area contributed by atoms with Crippen molar-refractivity contribution in [1.82, 2.24) is 25.5 Å². The molecule has 3 N–H and O–H groups in total. The number of imide groups is 1. The minimum atomic E-state index is -2.80. The van der Waals surface area contributed by atoms with Gasteiger partial charge in [-0.25, -0.2) is 18.6 Å². The summed E-state index contributed by atoms with van der Waals surface area (Å²) in [6.07, 6.45) is 1.62. The lowest BCUT2D eigenvalue weighted by molar-refractivity contribution is -0.124. The summed E-state index contributed by atoms with van der Waals surface area (Å²) >= 11 is 0. The highest BCUT2D eigenvalue weighted by molar-refractivity contribution is 6.07. The highest BCUT2D eigenvalue weighted by atomic mass is 19.3. The maximum absolute atomic E-state index is 12.9. The number of aromatic nitrogens is 2. The molecule has 0 spiro atoms. The van der Waals surface area contributed by atoms with Crippen LogP contribution in [0.15, 0.2) is 36.7 Å². The van der Waals surface area contributed by atoms with Crippen molar-refractivity contribution in [3.05, 3.63) is 48.0 Å². The minimum absolute atomic E-state index is 0.232. The van der Waals surface area contributed by atoms with Gasteiger partial charge >= 0.3 is 6.03 Å². The Labute approximate surface area is 163 Å². The second-order valence-electron chi connectivity index (χ2n) is 6.95. The van der Waals surface area contributed by atoms with Gasteiger partial charge in [-0.1, -0.05) is 0 Å². The van der Waals surface area contributed by atoms with E-state index in [1.165, 1.54) is 30.5 Å². The van der Waals surface area contributed by atoms with Crippen LogP contribution in [0.2, 0.25) is 0 Å². The Bertz CT molecular complexity index is 990. The number of imidazole rings is 1. The van der Waals surface area contributed by atoms with Crippen molar-refractivity contribution in [1.29, 1.82) is 0 Å². The average molecular weight is 405 g/mol. The highest BCUT2D eigenvalue weighted by Crippen LogP contribution is 2.44. The van der Waals surface area contributed by atoms with E-state index in [2.05, 4.69) is 20.9 Å². The van der Waals surface area contributed by atoms with Crippen molar-refractivity contribution < 1.29 is 27.9 Å². The molecular formula is C18H17F2N5O4. The summed E-state index contributed by atoms with van der Waals surface area (Å²) in [6.45, 7) is -0.235. The van der Waals surface area contributed by atoms with Crippen LogP contribution < -0.4 is 20.7 Å². The van der Waals surface area contributed by atoms with Gasteiger partial charge < -0.3 is 19.9 Å². The van der Waals surface area contributed by atoms with Crippen LogP contribution in [0.1, 0.15) is 22.6 Å². The minimum Gasteiger partial charge on any atom is -0.484 e. The zero-order chi connectivity index (χ0) is 20.8. The Balaban J connectivity index is 1.45. The van der Waals surface area contributed by atoms with Gasteiger partial charge in [-0.05, 0) is 24.3 Å². The molecule has 1 aliphatic carbocycles. The first-order valence-corrected chi connectivity index (χ1v) is 8.75. The predicted molar refractivity (Wildman–Crippen MR) is 94.3 cm³/mol. The fraction of sp³-hybridized carbons (Fsp3) is 0.333. The van der Waals surface area contributed by atoms with E-state index in [1.54, 1.807) is 17.8 Å². The normalized spacial score (nSPS) is 24.6. The number of amides is 4. The number of carbonyl (C=O) groups excluding carboxylic acids is 3. The van der Waals surface area contributed by atoms with Crippen LogP contribution >= 0.6 is 0 Å². The summed E-state index contributed by atoms with van der Waals surface area (Å²) in [5.41, 5.74) is -1.31. The van der Waals surface area contributed by atoms with Gasteiger partial charge in [-0.3, -0.25) is 14.9 Å². The maximum Gasteiger partial charge on any atom is 0.322 e. The molecule has 4 amide bonds. The second kappa shape index (κ2) is 6.54. The lowest BCUT2D eigenvalue weighted by Crippen LogP contribution is -2.54. The van der Waals surface area contributed by atoms with Gasteiger partial charge in [0.15, 0.2) is 11.6 Å². The molecule has 1 aromatic carbocycles. The first kappa shape index (κ1) is 18.8. The lowest BCUT2D eigenvalue weighted by Gasteiger charge is -2.25. The number of nitrogens with one attached hydrogen (secondary N) is 3. The predicted octanol–water partition coefficient (Wildman–Crippen LogP) is 0.671. The summed E-state index contributed by atoms with van der Waals surface area (Å²) in [6, 6.07) is 4.99. The summed E-state index contributed by atoms with van der Waals surface area (Å²) in [4.78, 5) is 40.8. The molecule has 1 saturated carbocycles. The number of carbonyl (C=O) groups is 3. The Hall–Kier alpha value is -3.50. The smallest absolute Gasteiger partial charge is 0.322 e. The van der Waals surface area contributed by atoms with E-state index in [1.807, 2.05) is 0 Å². The molecule has 2 atom stereocenters. The van der Waals surface area contributed by atoms with Crippen LogP contribution in [0.5, 0.6) is 5.75 Å². The summed E-state index contributed by atoms with van der Waals surface area (Å²) in [5.74, 6) is -3.46. The maximum atomic E-state index is 12.9. The molecular weight excluding hydrogens is 388 g/mol. The number of hydrogen-bond donors (Lipinski definition) is 3. The molecule has 9 nitrogen and oxygen atoms in total. The highest BCUT2D eigenvalue weighted by Gasteiger charge is 2.59. The van der Waals surface area contributed by atoms with Crippen molar-refractivity contribution in [2.24, 2.45) is 7.05 Å². The topological polar surface area (TPSA) is 114 Å². The summed E-state index contributed by atoms with van der Waals surface area (Å²) in [7, 11) is 1.66. The first-order valence-electron chi connectivity index (χ1n) is 8.75. The molecule has 4 rings (SSSR count). The van der Waals surface area contributed by atoms with Crippen LogP contribution in [-0.2, 0) is 17.4 Å². The molecule has 1 saturated heterocycles. The van der Waals surface area contributed by atoms with E-state index in [9.17, 15) is 23.2 Å². The number of halogens is 2. The Kier molecular flexibility index (Phi) is 4.25. The van der Waals surface area contributed by atoms with E-state index < -0.39 is 35.4 Å². The quantitative estimate of drug-likeness (QED) is 0.612. The Morgan fingerprint density at radius 3 is 2.55 bits per heavy atom. The van der Waals surface area contributed by atoms with Crippen molar-refractivity contribution >= 4 is 17.8 Å². The molecule has 29 heavy (non-hydrogen) atoms. The van der Waals surface area contributed by atoms with Crippen LogP contribution in [0, 0.1) is 0 Å². The molecule has 2 aliphatic rings. The van der Waals surface area contributed by atoms with E-state index >= 15 is 0 Å². The van der Waals surface area contributed by atoms with Gasteiger partial charge in [0.1, 0.15) is 11.6 Å². The van der Waals surface area contributed by atoms with Crippen LogP contribution in [0.3, 0.4) is 0 Å². The first-order chi connectivity index (χ1) is 13.7. The molecule has 0 radical (unpaired) electrons. The van der Waals surface area contributed by atoms with Crippen molar-refractivity contribution in [2.45, 2.75) is 24.0 Å². The number of hydrogen-bond acceptors (Lipinski definition) is 5. The largest absolute Gasteiger partial charge is 0.484 e. The average Bonchev–Trinajstić information content (AvgIpc) is 2.96. The third-order valence-corrected chi connectivity index (χ3v) is 4.82. The standard InChI is InChI=1S/C18H17F2N5O4/c1-25-7-6-21-14(25)17(15(27)23-16(28)24-17)9-22-13(26)10-2-4-11(5-3-10)29-12-8-18(12,19)20/h2-7,12H,8-9H2,1H3,(H,22,26)(H2,23,24,27,28). The van der Waals surface area contributed by atoms with Gasteiger partial charge in [0, 0.05) is 25.0 Å². The Morgan fingerprint density at radius 2 is 2.03 bits per heavy atom. The fourth-order valence-corrected chi connectivity index (χ4v) is 3.11. The van der Waals surface area contributed by atoms with Crippen LogP contribution in [0.25, 0.3) is 0 Å². The number of aryl methyl sites for hydroxylation is 1. The van der Waals surface area contributed by atoms with Crippen molar-refractivity contribution in [3.8, 4) is 5.75 Å². The van der Waals surface area contributed by atoms with E-state index in [0.717, 1.165) is 0 Å². The van der Waals surface area contributed by atoms with Gasteiger partial charge in [-0.15, -0.1) is 0 Å². The van der Waals surface area contributed by atoms with Gasteiger partial charge in [-0.2, -0.15) is 0 Å². The van der Waals surface area contributed by atoms with E-state index in [-0.39, 0.29) is 30.1 Å². The molecule has 11 heteroatoms. The number of benzene rings is 1. The lowest BCUT2D eigenvalue weighted by atomic mass is 9.98. The monoisotopic (exact) mass is 405 g/mol. The van der Waals surface area contributed by atoms with Gasteiger partial charge in [0.25, 0.3) is 17.7 Å². The molecule has 152 valence electrons. The summed E-state index contributed by atoms with van der Waals surface area (Å²) in [5, 5.41) is 7.28. The van der Waals surface area contributed by atoms with Crippen molar-refractivity contribution in [3.63, 3.8) is 0 Å². The number of nitrogens with zero attached hydrogens (tertiary/aromatic N) is 2. The SMILES string of the molecule is Cn1ccnc1C1(CNC(=O)c2ccc(OC3CC3(F)F)cc2)NC(=O)NC1=O. The molecule has 2 heterocycles. The Morgan fingerprint density at radius 1 is 1.34 bits per heavy atom. The molecule has 0 bridgehead atoms. The number of rotatable bonds is 6. The zero-order valence-electron chi connectivity index (χ0n) is 15.2.